The molecule has 2 aromatic rings. The zero-order chi connectivity index (χ0) is 17.6. The maximum Gasteiger partial charge on any atom is 0.253 e. The van der Waals surface area contributed by atoms with Crippen molar-refractivity contribution in [3.8, 4) is 0 Å². The minimum Gasteiger partial charge on any atom is -0.352 e. The number of rotatable bonds is 4. The molecule has 3 rings (SSSR count). The van der Waals surface area contributed by atoms with Crippen LogP contribution in [0.5, 0.6) is 0 Å². The summed E-state index contributed by atoms with van der Waals surface area (Å²) in [5.74, 6) is -0.144. The molecule has 1 fully saturated rings. The van der Waals surface area contributed by atoms with Crippen LogP contribution in [-0.2, 0) is 11.3 Å². The van der Waals surface area contributed by atoms with Crippen LogP contribution in [0.1, 0.15) is 34.3 Å². The summed E-state index contributed by atoms with van der Waals surface area (Å²) in [4.78, 5) is 30.9. The van der Waals surface area contributed by atoms with Crippen molar-refractivity contribution < 1.29 is 9.59 Å². The maximum absolute atomic E-state index is 12.6. The molecule has 0 spiro atoms. The van der Waals surface area contributed by atoms with Gasteiger partial charge in [0, 0.05) is 37.6 Å². The normalized spacial score (nSPS) is 17.2. The van der Waals surface area contributed by atoms with Crippen molar-refractivity contribution in [3.05, 3.63) is 65.5 Å². The summed E-state index contributed by atoms with van der Waals surface area (Å²) in [6.45, 7) is 3.65. The van der Waals surface area contributed by atoms with Gasteiger partial charge in [-0.25, -0.2) is 0 Å². The summed E-state index contributed by atoms with van der Waals surface area (Å²) in [7, 11) is 0. The number of amides is 2. The summed E-state index contributed by atoms with van der Waals surface area (Å²) in [5, 5.41) is 2.96. The van der Waals surface area contributed by atoms with Crippen molar-refractivity contribution in [2.24, 2.45) is 5.92 Å². The van der Waals surface area contributed by atoms with Gasteiger partial charge >= 0.3 is 0 Å². The predicted octanol–water partition coefficient (Wildman–Crippen LogP) is 2.56. The van der Waals surface area contributed by atoms with E-state index in [0.717, 1.165) is 24.0 Å². The number of likely N-dealkylation sites (tertiary alicyclic amines) is 1. The lowest BCUT2D eigenvalue weighted by Crippen LogP contribution is -2.45. The molecule has 0 radical (unpaired) electrons. The number of carbonyl (C=O) groups is 2. The molecule has 2 heterocycles. The predicted molar refractivity (Wildman–Crippen MR) is 95.9 cm³/mol. The van der Waals surface area contributed by atoms with Crippen LogP contribution in [0.15, 0.2) is 48.8 Å². The Morgan fingerprint density at radius 2 is 2.04 bits per heavy atom. The third-order valence-corrected chi connectivity index (χ3v) is 4.57. The number of piperidine rings is 1. The first-order valence-corrected chi connectivity index (χ1v) is 8.66. The van der Waals surface area contributed by atoms with Gasteiger partial charge < -0.3 is 10.2 Å². The fourth-order valence-corrected chi connectivity index (χ4v) is 3.09. The number of hydrogen-bond acceptors (Lipinski definition) is 3. The molecule has 5 heteroatoms. The molecule has 1 aromatic carbocycles. The van der Waals surface area contributed by atoms with Gasteiger partial charge in [-0.15, -0.1) is 0 Å². The highest BCUT2D eigenvalue weighted by Gasteiger charge is 2.28. The van der Waals surface area contributed by atoms with E-state index in [2.05, 4.69) is 10.3 Å². The van der Waals surface area contributed by atoms with E-state index in [0.29, 0.717) is 25.2 Å². The molecular weight excluding hydrogens is 314 g/mol. The first-order valence-electron chi connectivity index (χ1n) is 8.66. The Kier molecular flexibility index (Phi) is 5.43. The molecule has 130 valence electrons. The van der Waals surface area contributed by atoms with Crippen LogP contribution in [0, 0.1) is 12.8 Å². The Morgan fingerprint density at radius 3 is 2.76 bits per heavy atom. The molecule has 2 amide bonds. The Balaban J connectivity index is 1.57. The molecule has 1 aromatic heterocycles. The van der Waals surface area contributed by atoms with Crippen LogP contribution >= 0.6 is 0 Å². The topological polar surface area (TPSA) is 62.3 Å². The molecule has 0 unspecified atom stereocenters. The van der Waals surface area contributed by atoms with Crippen molar-refractivity contribution in [3.63, 3.8) is 0 Å². The zero-order valence-electron chi connectivity index (χ0n) is 14.4. The second-order valence-corrected chi connectivity index (χ2v) is 6.54. The monoisotopic (exact) mass is 337 g/mol. The Bertz CT molecular complexity index is 728. The fourth-order valence-electron chi connectivity index (χ4n) is 3.09. The molecule has 1 atom stereocenters. The van der Waals surface area contributed by atoms with Crippen molar-refractivity contribution >= 4 is 11.8 Å². The van der Waals surface area contributed by atoms with Crippen LogP contribution in [0.2, 0.25) is 0 Å². The zero-order valence-corrected chi connectivity index (χ0v) is 14.4. The second-order valence-electron chi connectivity index (χ2n) is 6.54. The highest BCUT2D eigenvalue weighted by molar-refractivity contribution is 5.94. The maximum atomic E-state index is 12.6. The third kappa shape index (κ3) is 4.44. The quantitative estimate of drug-likeness (QED) is 0.933. The van der Waals surface area contributed by atoms with Crippen molar-refractivity contribution in [2.45, 2.75) is 26.3 Å². The Morgan fingerprint density at radius 1 is 1.24 bits per heavy atom. The average Bonchev–Trinajstić information content (AvgIpc) is 2.67. The van der Waals surface area contributed by atoms with Crippen LogP contribution in [-0.4, -0.2) is 34.8 Å². The highest BCUT2D eigenvalue weighted by Crippen LogP contribution is 2.19. The van der Waals surface area contributed by atoms with Gasteiger partial charge in [-0.1, -0.05) is 23.8 Å². The first kappa shape index (κ1) is 17.1. The van der Waals surface area contributed by atoms with E-state index in [1.807, 2.05) is 43.3 Å². The Labute approximate surface area is 148 Å². The van der Waals surface area contributed by atoms with Crippen LogP contribution in [0.25, 0.3) is 0 Å². The number of aryl methyl sites for hydroxylation is 1. The third-order valence-electron chi connectivity index (χ3n) is 4.57. The lowest BCUT2D eigenvalue weighted by Gasteiger charge is -2.32. The molecule has 1 N–H and O–H groups in total. The van der Waals surface area contributed by atoms with Gasteiger partial charge in [0.05, 0.1) is 5.92 Å². The lowest BCUT2D eigenvalue weighted by atomic mass is 9.96. The van der Waals surface area contributed by atoms with Crippen molar-refractivity contribution in [2.75, 3.05) is 13.1 Å². The van der Waals surface area contributed by atoms with Gasteiger partial charge in [-0.05, 0) is 43.5 Å². The van der Waals surface area contributed by atoms with Gasteiger partial charge in [-0.3, -0.25) is 14.6 Å². The smallest absolute Gasteiger partial charge is 0.253 e. The van der Waals surface area contributed by atoms with E-state index in [4.69, 9.17) is 0 Å². The number of nitrogens with one attached hydrogen (secondary N) is 1. The molecule has 1 aliphatic heterocycles. The molecule has 25 heavy (non-hydrogen) atoms. The van der Waals surface area contributed by atoms with E-state index in [1.165, 1.54) is 0 Å². The van der Waals surface area contributed by atoms with Gasteiger partial charge in [0.2, 0.25) is 5.91 Å². The van der Waals surface area contributed by atoms with Gasteiger partial charge in [0.15, 0.2) is 0 Å². The molecule has 1 aliphatic rings. The van der Waals surface area contributed by atoms with Crippen LogP contribution in [0.4, 0.5) is 0 Å². The lowest BCUT2D eigenvalue weighted by molar-refractivity contribution is -0.126. The van der Waals surface area contributed by atoms with E-state index in [-0.39, 0.29) is 17.7 Å². The van der Waals surface area contributed by atoms with E-state index in [9.17, 15) is 9.59 Å². The van der Waals surface area contributed by atoms with Gasteiger partial charge in [0.1, 0.15) is 0 Å². The van der Waals surface area contributed by atoms with Crippen LogP contribution in [0.3, 0.4) is 0 Å². The molecule has 0 aliphatic carbocycles. The first-order chi connectivity index (χ1) is 12.1. The number of hydrogen-bond donors (Lipinski definition) is 1. The minimum absolute atomic E-state index is 0.00441. The average molecular weight is 337 g/mol. The number of aromatic nitrogens is 1. The fraction of sp³-hybridized carbons (Fsp3) is 0.350. The van der Waals surface area contributed by atoms with E-state index >= 15 is 0 Å². The Hall–Kier alpha value is -2.69. The van der Waals surface area contributed by atoms with E-state index in [1.54, 1.807) is 17.3 Å². The molecule has 1 saturated heterocycles. The van der Waals surface area contributed by atoms with Crippen LogP contribution < -0.4 is 5.32 Å². The molecule has 0 bridgehead atoms. The summed E-state index contributed by atoms with van der Waals surface area (Å²) < 4.78 is 0. The second kappa shape index (κ2) is 7.92. The number of benzene rings is 1. The summed E-state index contributed by atoms with van der Waals surface area (Å²) in [6.07, 6.45) is 5.12. The molecule has 5 nitrogen and oxygen atoms in total. The molecular formula is C20H23N3O2. The summed E-state index contributed by atoms with van der Waals surface area (Å²) in [6, 6.07) is 11.4. The number of nitrogens with zero attached hydrogens (tertiary/aromatic N) is 2. The van der Waals surface area contributed by atoms with Gasteiger partial charge in [-0.2, -0.15) is 0 Å². The highest BCUT2D eigenvalue weighted by atomic mass is 16.2. The van der Waals surface area contributed by atoms with Gasteiger partial charge in [0.25, 0.3) is 5.91 Å². The number of carbonyl (C=O) groups excluding carboxylic acids is 2. The summed E-state index contributed by atoms with van der Waals surface area (Å²) >= 11 is 0. The number of pyridine rings is 1. The SMILES string of the molecule is Cc1ccc(C(=O)N2CCC[C@H](C(=O)NCc3cccnc3)C2)cc1. The minimum atomic E-state index is -0.153. The van der Waals surface area contributed by atoms with Crippen molar-refractivity contribution in [1.82, 2.24) is 15.2 Å². The standard InChI is InChI=1S/C20H23N3O2/c1-15-6-8-17(9-7-15)20(25)23-11-3-5-18(14-23)19(24)22-13-16-4-2-10-21-12-16/h2,4,6-10,12,18H,3,5,11,13-14H2,1H3,(H,22,24)/t18-/m0/s1. The van der Waals surface area contributed by atoms with E-state index < -0.39 is 0 Å². The largest absolute Gasteiger partial charge is 0.352 e. The molecule has 0 saturated carbocycles. The van der Waals surface area contributed by atoms with Crippen molar-refractivity contribution in [1.29, 1.82) is 0 Å². The summed E-state index contributed by atoms with van der Waals surface area (Å²) in [5.41, 5.74) is 2.78.